The number of Topliss-reactive ketones (excluding diaryl/α,β-unsaturated/α-hetero) is 3. The first-order chi connectivity index (χ1) is 35.7. The van der Waals surface area contributed by atoms with Gasteiger partial charge in [0.25, 0.3) is 11.7 Å². The highest BCUT2D eigenvalue weighted by Gasteiger charge is 2.53. The number of hydrogen-bond acceptors (Lipinski definition) is 15. The summed E-state index contributed by atoms with van der Waals surface area (Å²) >= 11 is 0. The van der Waals surface area contributed by atoms with Gasteiger partial charge in [-0.3, -0.25) is 19.2 Å². The molecule has 4 aliphatic heterocycles. The van der Waals surface area contributed by atoms with Crippen LogP contribution in [0.1, 0.15) is 126 Å². The van der Waals surface area contributed by atoms with E-state index in [1.54, 1.807) is 26.8 Å². The number of amides is 1. The topological polar surface area (TPSA) is 192 Å². The first kappa shape index (κ1) is 62.3. The number of carbonyl (C=O) groups excluding carboxylic acids is 5. The maximum Gasteiger partial charge on any atom is 0.345 e. The molecule has 4 heterocycles. The lowest BCUT2D eigenvalue weighted by molar-refractivity contribution is -0.266. The van der Waals surface area contributed by atoms with Gasteiger partial charge in [-0.25, -0.2) is 4.79 Å². The van der Waals surface area contributed by atoms with Crippen LogP contribution in [0.3, 0.4) is 0 Å². The lowest BCUT2D eigenvalue weighted by Gasteiger charge is -2.43. The molecule has 5 rings (SSSR count). The molecule has 2 unspecified atom stereocenters. The largest absolute Gasteiger partial charge is 0.460 e. The highest BCUT2D eigenvalue weighted by molar-refractivity contribution is 6.39. The van der Waals surface area contributed by atoms with Crippen molar-refractivity contribution in [1.29, 1.82) is 0 Å². The van der Waals surface area contributed by atoms with Gasteiger partial charge in [-0.05, 0) is 107 Å². The normalized spacial score (nSPS) is 38.9. The molecule has 4 fully saturated rings. The zero-order valence-corrected chi connectivity index (χ0v) is 46.1. The summed E-state index contributed by atoms with van der Waals surface area (Å²) in [4.78, 5) is 73.2. The van der Waals surface area contributed by atoms with Gasteiger partial charge < -0.3 is 52.6 Å². The van der Waals surface area contributed by atoms with Crippen molar-refractivity contribution in [2.75, 3.05) is 54.3 Å². The van der Waals surface area contributed by atoms with E-state index in [0.717, 1.165) is 5.57 Å². The summed E-state index contributed by atoms with van der Waals surface area (Å²) in [6.07, 6.45) is 9.95. The standard InChI is InChI=1S/C57H87F2NO15/c1-34-16-12-11-13-17-35(2)47(72-33-43-32-70-24-25-71-43)30-42-21-19-40(7)57(66,75-42)53(63)54(64)60-23-15-14-18-44(60)55(65)73-48(37(4)28-41-20-22-46(74-56(58)59)49(29-41)67-8)31-45(61)36(3)27-39(6)51(68-9)52(69-10)50(62)38(5)26-34/h11-13,16-17,27,34,36-38,40-44,46-49,51-52,56,66H,14-15,18-26,28-33H2,1-10H3/b13-11+,16-12+,35-17+,39-27+/t34-,36-,37-,38-,40-,41+,42+,43?,44+,46-,47?,48+,49-,51-,52+,57-/m1/s1. The Hall–Kier alpha value is -3.59. The number of fused-ring (bicyclic) bond motifs is 3. The van der Waals surface area contributed by atoms with Crippen LogP contribution in [0.15, 0.2) is 47.6 Å². The second kappa shape index (κ2) is 30.0. The molecule has 0 radical (unpaired) electrons. The average Bonchev–Trinajstić information content (AvgIpc) is 3.39. The minimum Gasteiger partial charge on any atom is -0.460 e. The summed E-state index contributed by atoms with van der Waals surface area (Å²) in [6.45, 7) is 11.4. The van der Waals surface area contributed by atoms with Crippen molar-refractivity contribution in [3.05, 3.63) is 47.6 Å². The summed E-state index contributed by atoms with van der Waals surface area (Å²) in [5.41, 5.74) is 1.44. The molecule has 1 N–H and O–H groups in total. The predicted molar refractivity (Wildman–Crippen MR) is 274 cm³/mol. The molecule has 424 valence electrons. The Bertz CT molecular complexity index is 2010. The van der Waals surface area contributed by atoms with Gasteiger partial charge in [0.2, 0.25) is 5.79 Å². The summed E-state index contributed by atoms with van der Waals surface area (Å²) in [5, 5.41) is 12.2. The van der Waals surface area contributed by atoms with Crippen molar-refractivity contribution in [2.45, 2.75) is 193 Å². The quantitative estimate of drug-likeness (QED) is 0.119. The van der Waals surface area contributed by atoms with Crippen LogP contribution in [0.4, 0.5) is 8.78 Å². The number of alkyl halides is 2. The zero-order chi connectivity index (χ0) is 55.0. The maximum atomic E-state index is 14.6. The van der Waals surface area contributed by atoms with E-state index in [2.05, 4.69) is 0 Å². The van der Waals surface area contributed by atoms with Gasteiger partial charge in [-0.1, -0.05) is 71.1 Å². The van der Waals surface area contributed by atoms with Crippen molar-refractivity contribution in [1.82, 2.24) is 4.90 Å². The highest BCUT2D eigenvalue weighted by atomic mass is 19.3. The number of allylic oxidation sites excluding steroid dienone is 6. The van der Waals surface area contributed by atoms with Gasteiger partial charge in [0.15, 0.2) is 5.78 Å². The maximum absolute atomic E-state index is 14.6. The zero-order valence-electron chi connectivity index (χ0n) is 46.1. The van der Waals surface area contributed by atoms with Gasteiger partial charge in [0.1, 0.15) is 36.2 Å². The number of carbonyl (C=O) groups is 5. The Balaban J connectivity index is 1.49. The molecule has 5 aliphatic rings. The third-order valence-corrected chi connectivity index (χ3v) is 16.0. The molecule has 75 heavy (non-hydrogen) atoms. The predicted octanol–water partition coefficient (Wildman–Crippen LogP) is 7.87. The molecule has 1 saturated carbocycles. The molecule has 0 spiro atoms. The fourth-order valence-corrected chi connectivity index (χ4v) is 11.5. The van der Waals surface area contributed by atoms with E-state index in [-0.39, 0.29) is 61.9 Å². The van der Waals surface area contributed by atoms with E-state index in [0.29, 0.717) is 83.2 Å². The monoisotopic (exact) mass is 1060 g/mol. The van der Waals surface area contributed by atoms with E-state index < -0.39 is 102 Å². The van der Waals surface area contributed by atoms with E-state index in [1.807, 2.05) is 58.1 Å². The number of methoxy groups -OCH3 is 3. The van der Waals surface area contributed by atoms with Crippen LogP contribution in [-0.4, -0.2) is 161 Å². The smallest absolute Gasteiger partial charge is 0.345 e. The molecule has 1 aliphatic carbocycles. The molecular weight excluding hydrogens is 977 g/mol. The Morgan fingerprint density at radius 3 is 2.27 bits per heavy atom. The number of nitrogens with zero attached hydrogens (tertiary/aromatic N) is 1. The molecule has 1 amide bonds. The van der Waals surface area contributed by atoms with Crippen LogP contribution in [0.25, 0.3) is 0 Å². The molecular formula is C57H87F2NO15. The molecule has 2 bridgehead atoms. The Morgan fingerprint density at radius 2 is 1.59 bits per heavy atom. The van der Waals surface area contributed by atoms with E-state index in [9.17, 15) is 37.9 Å². The number of ether oxygens (including phenoxy) is 9. The second-order valence-electron chi connectivity index (χ2n) is 21.8. The van der Waals surface area contributed by atoms with E-state index in [4.69, 9.17) is 42.6 Å². The van der Waals surface area contributed by atoms with E-state index in [1.165, 1.54) is 26.2 Å². The van der Waals surface area contributed by atoms with Gasteiger partial charge in [0, 0.05) is 58.5 Å². The number of aliphatic hydroxyl groups is 1. The minimum atomic E-state index is -2.95. The van der Waals surface area contributed by atoms with Crippen molar-refractivity contribution in [3.63, 3.8) is 0 Å². The van der Waals surface area contributed by atoms with Gasteiger partial charge >= 0.3 is 12.6 Å². The molecule has 16 atom stereocenters. The van der Waals surface area contributed by atoms with Crippen LogP contribution in [0, 0.1) is 35.5 Å². The number of ketones is 3. The average molecular weight is 1060 g/mol. The molecule has 18 heteroatoms. The Morgan fingerprint density at radius 1 is 0.840 bits per heavy atom. The van der Waals surface area contributed by atoms with Crippen molar-refractivity contribution in [3.8, 4) is 0 Å². The molecule has 0 aromatic carbocycles. The number of cyclic esters (lactones) is 1. The summed E-state index contributed by atoms with van der Waals surface area (Å²) in [6, 6.07) is -1.20. The number of halogens is 2. The number of piperidine rings is 1. The second-order valence-corrected chi connectivity index (χ2v) is 21.8. The van der Waals surface area contributed by atoms with Crippen LogP contribution in [-0.2, 0) is 66.6 Å². The lowest BCUT2D eigenvalue weighted by Crippen LogP contribution is -2.61. The van der Waals surface area contributed by atoms with Gasteiger partial charge in [-0.15, -0.1) is 0 Å². The first-order valence-electron chi connectivity index (χ1n) is 27.3. The molecule has 0 aromatic rings. The van der Waals surface area contributed by atoms with Crippen molar-refractivity contribution in [2.24, 2.45) is 35.5 Å². The third kappa shape index (κ3) is 17.5. The summed E-state index contributed by atoms with van der Waals surface area (Å²) in [5.74, 6) is -8.36. The summed E-state index contributed by atoms with van der Waals surface area (Å²) < 4.78 is 79.3. The first-order valence-corrected chi connectivity index (χ1v) is 27.3. The number of rotatable bonds is 11. The highest BCUT2D eigenvalue weighted by Crippen LogP contribution is 2.38. The van der Waals surface area contributed by atoms with Gasteiger partial charge in [0.05, 0.1) is 50.8 Å². The molecule has 16 nitrogen and oxygen atoms in total. The fourth-order valence-electron chi connectivity index (χ4n) is 11.5. The third-order valence-electron chi connectivity index (χ3n) is 16.0. The van der Waals surface area contributed by atoms with Crippen LogP contribution in [0.5, 0.6) is 0 Å². The lowest BCUT2D eigenvalue weighted by atomic mass is 9.78. The number of hydrogen-bond donors (Lipinski definition) is 1. The van der Waals surface area contributed by atoms with Crippen molar-refractivity contribution < 1.29 is 80.5 Å². The SMILES string of the molecule is CO[C@@H]1/C(C)=C/[C@@H](C)C(=O)C[C@@H]([C@H](C)C[C@@H]2CC[C@@H](OC(F)F)[C@H](OC)C2)OC(=O)[C@@H]2CCCCN2C(=O)C(=O)[C@]2(O)O[C@@H](CC[C@H]2C)CC(OCC2COCCO2)/C(C)=C/C=C/C=C/[C@@H](C)C[C@@H](C)C(=O)[C@@H]1OC. The summed E-state index contributed by atoms with van der Waals surface area (Å²) in [7, 11) is 4.39. The van der Waals surface area contributed by atoms with Gasteiger partial charge in [-0.2, -0.15) is 8.78 Å². The fraction of sp³-hybridized carbons (Fsp3) is 0.772. The molecule has 3 saturated heterocycles. The van der Waals surface area contributed by atoms with Crippen LogP contribution < -0.4 is 0 Å². The number of esters is 1. The van der Waals surface area contributed by atoms with Crippen molar-refractivity contribution >= 4 is 29.2 Å². The van der Waals surface area contributed by atoms with E-state index >= 15 is 0 Å². The Kier molecular flexibility index (Phi) is 24.9. The molecule has 0 aromatic heterocycles. The van der Waals surface area contributed by atoms with Crippen LogP contribution in [0.2, 0.25) is 0 Å². The Labute approximate surface area is 443 Å². The van der Waals surface area contributed by atoms with Crippen LogP contribution >= 0.6 is 0 Å². The minimum absolute atomic E-state index is 0.0107.